The summed E-state index contributed by atoms with van der Waals surface area (Å²) in [5.74, 6) is -0.624. The Morgan fingerprint density at radius 1 is 1.10 bits per heavy atom. The fraction of sp³-hybridized carbons (Fsp3) is 0.133. The summed E-state index contributed by atoms with van der Waals surface area (Å²) in [6.07, 6.45) is 0. The van der Waals surface area contributed by atoms with Gasteiger partial charge in [-0.05, 0) is 30.3 Å². The van der Waals surface area contributed by atoms with Crippen LogP contribution < -0.4 is 15.2 Å². The predicted octanol–water partition coefficient (Wildman–Crippen LogP) is 3.04. The molecule has 21 heavy (non-hydrogen) atoms. The second kappa shape index (κ2) is 6.95. The van der Waals surface area contributed by atoms with E-state index in [2.05, 4.69) is 0 Å². The van der Waals surface area contributed by atoms with Gasteiger partial charge in [-0.2, -0.15) is 0 Å². The van der Waals surface area contributed by atoms with Crippen LogP contribution in [0.2, 0.25) is 5.02 Å². The largest absolute Gasteiger partial charge is 0.489 e. The average Bonchev–Trinajstić information content (AvgIpc) is 2.46. The maximum atomic E-state index is 13.3. The number of nitrogens with two attached hydrogens (primary N) is 1. The molecule has 0 atom stereocenters. The number of rotatable bonds is 6. The average molecular weight is 310 g/mol. The van der Waals surface area contributed by atoms with Crippen molar-refractivity contribution < 1.29 is 18.7 Å². The molecule has 2 rings (SSSR count). The van der Waals surface area contributed by atoms with E-state index < -0.39 is 11.7 Å². The van der Waals surface area contributed by atoms with Gasteiger partial charge in [0.1, 0.15) is 19.0 Å². The molecule has 0 bridgehead atoms. The van der Waals surface area contributed by atoms with Gasteiger partial charge in [0.15, 0.2) is 11.6 Å². The van der Waals surface area contributed by atoms with Crippen LogP contribution >= 0.6 is 11.6 Å². The Kier molecular flexibility index (Phi) is 5.00. The lowest BCUT2D eigenvalue weighted by Crippen LogP contribution is -2.15. The van der Waals surface area contributed by atoms with Gasteiger partial charge < -0.3 is 15.2 Å². The smallest absolute Gasteiger partial charge is 0.252 e. The Labute approximate surface area is 126 Å². The number of amides is 1. The van der Waals surface area contributed by atoms with Crippen molar-refractivity contribution in [3.05, 3.63) is 58.9 Å². The zero-order valence-corrected chi connectivity index (χ0v) is 11.8. The van der Waals surface area contributed by atoms with Crippen molar-refractivity contribution in [1.29, 1.82) is 0 Å². The third-order valence-electron chi connectivity index (χ3n) is 2.64. The van der Waals surface area contributed by atoms with Crippen LogP contribution in [0, 0.1) is 5.82 Å². The van der Waals surface area contributed by atoms with Crippen LogP contribution in [0.4, 0.5) is 4.39 Å². The maximum absolute atomic E-state index is 13.3. The van der Waals surface area contributed by atoms with E-state index in [4.69, 9.17) is 26.8 Å². The molecule has 0 saturated carbocycles. The van der Waals surface area contributed by atoms with E-state index in [1.54, 1.807) is 24.3 Å². The predicted molar refractivity (Wildman–Crippen MR) is 77.4 cm³/mol. The summed E-state index contributed by atoms with van der Waals surface area (Å²) in [5, 5.41) is 0.388. The molecule has 0 aliphatic heterocycles. The lowest BCUT2D eigenvalue weighted by molar-refractivity contribution is 0.0995. The normalized spacial score (nSPS) is 10.2. The highest BCUT2D eigenvalue weighted by molar-refractivity contribution is 6.31. The van der Waals surface area contributed by atoms with Gasteiger partial charge in [0, 0.05) is 5.02 Å². The molecule has 0 spiro atoms. The number of carbonyl (C=O) groups is 1. The number of benzene rings is 2. The third kappa shape index (κ3) is 4.10. The second-order valence-corrected chi connectivity index (χ2v) is 4.57. The molecule has 0 aliphatic carbocycles. The molecule has 0 aliphatic rings. The minimum Gasteiger partial charge on any atom is -0.489 e. The van der Waals surface area contributed by atoms with Crippen LogP contribution in [0.25, 0.3) is 0 Å². The molecule has 0 fully saturated rings. The van der Waals surface area contributed by atoms with E-state index in [-0.39, 0.29) is 24.5 Å². The van der Waals surface area contributed by atoms with E-state index in [0.717, 1.165) is 0 Å². The van der Waals surface area contributed by atoms with Gasteiger partial charge in [0.2, 0.25) is 0 Å². The zero-order valence-electron chi connectivity index (χ0n) is 11.0. The molecule has 2 aromatic rings. The Bertz CT molecular complexity index is 649. The number of primary amides is 1. The van der Waals surface area contributed by atoms with Crippen molar-refractivity contribution in [2.24, 2.45) is 5.73 Å². The summed E-state index contributed by atoms with van der Waals surface area (Å²) in [5.41, 5.74) is 5.43. The molecule has 0 radical (unpaired) electrons. The first-order chi connectivity index (χ1) is 10.1. The second-order valence-electron chi connectivity index (χ2n) is 4.13. The summed E-state index contributed by atoms with van der Waals surface area (Å²) >= 11 is 5.79. The molecule has 0 heterocycles. The molecule has 4 nitrogen and oxygen atoms in total. The fourth-order valence-corrected chi connectivity index (χ4v) is 1.86. The highest BCUT2D eigenvalue weighted by Crippen LogP contribution is 2.22. The van der Waals surface area contributed by atoms with Crippen molar-refractivity contribution >= 4 is 17.5 Å². The minimum absolute atomic E-state index is 0.127. The molecular weight excluding hydrogens is 297 g/mol. The SMILES string of the molecule is NC(=O)c1cc(Cl)ccc1OCCOc1ccccc1F. The maximum Gasteiger partial charge on any atom is 0.252 e. The molecular formula is C15H13ClFNO3. The van der Waals surface area contributed by atoms with Crippen LogP contribution in [-0.2, 0) is 0 Å². The number of para-hydroxylation sites is 1. The number of halogens is 2. The van der Waals surface area contributed by atoms with E-state index in [1.807, 2.05) is 0 Å². The Morgan fingerprint density at radius 3 is 2.43 bits per heavy atom. The lowest BCUT2D eigenvalue weighted by atomic mass is 10.2. The minimum atomic E-state index is -0.637. The van der Waals surface area contributed by atoms with Crippen molar-refractivity contribution in [1.82, 2.24) is 0 Å². The molecule has 2 N–H and O–H groups in total. The van der Waals surface area contributed by atoms with Gasteiger partial charge in [0.05, 0.1) is 5.56 Å². The van der Waals surface area contributed by atoms with E-state index in [9.17, 15) is 9.18 Å². The molecule has 110 valence electrons. The zero-order chi connectivity index (χ0) is 15.2. The molecule has 0 saturated heterocycles. The van der Waals surface area contributed by atoms with Gasteiger partial charge in [-0.1, -0.05) is 23.7 Å². The molecule has 2 aromatic carbocycles. The number of hydrogen-bond donors (Lipinski definition) is 1. The Morgan fingerprint density at radius 2 is 1.76 bits per heavy atom. The van der Waals surface area contributed by atoms with Gasteiger partial charge in [-0.25, -0.2) is 4.39 Å². The van der Waals surface area contributed by atoms with Crippen LogP contribution in [0.15, 0.2) is 42.5 Å². The van der Waals surface area contributed by atoms with Crippen molar-refractivity contribution in [2.75, 3.05) is 13.2 Å². The van der Waals surface area contributed by atoms with Gasteiger partial charge >= 0.3 is 0 Å². The highest BCUT2D eigenvalue weighted by atomic mass is 35.5. The summed E-state index contributed by atoms with van der Waals surface area (Å²) in [4.78, 5) is 11.3. The van der Waals surface area contributed by atoms with Crippen molar-refractivity contribution in [3.63, 3.8) is 0 Å². The molecule has 1 amide bonds. The summed E-state index contributed by atoms with van der Waals surface area (Å²) in [6.45, 7) is 0.262. The summed E-state index contributed by atoms with van der Waals surface area (Å²) < 4.78 is 24.0. The summed E-state index contributed by atoms with van der Waals surface area (Å²) in [6, 6.07) is 10.6. The fourth-order valence-electron chi connectivity index (χ4n) is 1.69. The first kappa shape index (κ1) is 15.1. The van der Waals surface area contributed by atoms with Gasteiger partial charge in [-0.3, -0.25) is 4.79 Å². The number of hydrogen-bond acceptors (Lipinski definition) is 3. The van der Waals surface area contributed by atoms with Crippen LogP contribution in [0.1, 0.15) is 10.4 Å². The molecule has 6 heteroatoms. The molecule has 0 aromatic heterocycles. The highest BCUT2D eigenvalue weighted by Gasteiger charge is 2.10. The third-order valence-corrected chi connectivity index (χ3v) is 2.88. The van der Waals surface area contributed by atoms with Crippen LogP contribution in [0.3, 0.4) is 0 Å². The van der Waals surface area contributed by atoms with E-state index >= 15 is 0 Å². The number of carbonyl (C=O) groups excluding carboxylic acids is 1. The van der Waals surface area contributed by atoms with E-state index in [1.165, 1.54) is 18.2 Å². The first-order valence-electron chi connectivity index (χ1n) is 6.17. The summed E-state index contributed by atoms with van der Waals surface area (Å²) in [7, 11) is 0. The van der Waals surface area contributed by atoms with Gasteiger partial charge in [-0.15, -0.1) is 0 Å². The quantitative estimate of drug-likeness (QED) is 0.834. The van der Waals surface area contributed by atoms with E-state index in [0.29, 0.717) is 10.8 Å². The number of ether oxygens (including phenoxy) is 2. The Hall–Kier alpha value is -2.27. The Balaban J connectivity index is 1.92. The van der Waals surface area contributed by atoms with Crippen molar-refractivity contribution in [3.8, 4) is 11.5 Å². The monoisotopic (exact) mass is 309 g/mol. The lowest BCUT2D eigenvalue weighted by Gasteiger charge is -2.11. The first-order valence-corrected chi connectivity index (χ1v) is 6.55. The topological polar surface area (TPSA) is 61.6 Å². The molecule has 0 unspecified atom stereocenters. The van der Waals surface area contributed by atoms with Crippen LogP contribution in [0.5, 0.6) is 11.5 Å². The standard InChI is InChI=1S/C15H13ClFNO3/c16-10-5-6-13(11(9-10)15(18)19)20-7-8-21-14-4-2-1-3-12(14)17/h1-6,9H,7-8H2,(H2,18,19). The van der Waals surface area contributed by atoms with Crippen LogP contribution in [-0.4, -0.2) is 19.1 Å². The van der Waals surface area contributed by atoms with Crippen molar-refractivity contribution in [2.45, 2.75) is 0 Å². The van der Waals surface area contributed by atoms with Gasteiger partial charge in [0.25, 0.3) is 5.91 Å².